The average Bonchev–Trinajstić information content (AvgIpc) is 3.37. The summed E-state index contributed by atoms with van der Waals surface area (Å²) in [6, 6.07) is 21.0. The topological polar surface area (TPSA) is 95.5 Å². The van der Waals surface area contributed by atoms with Crippen molar-refractivity contribution in [2.24, 2.45) is 5.92 Å². The van der Waals surface area contributed by atoms with E-state index in [2.05, 4.69) is 47.5 Å². The number of thiol groups is 1. The van der Waals surface area contributed by atoms with Gasteiger partial charge in [-0.2, -0.15) is 12.6 Å². The highest BCUT2D eigenvalue weighted by Gasteiger charge is 2.44. The Hall–Kier alpha value is -3.32. The highest BCUT2D eigenvalue weighted by atomic mass is 32.1. The van der Waals surface area contributed by atoms with E-state index in [0.717, 1.165) is 40.3 Å². The fraction of sp³-hybridized carbons (Fsp3) is 0.387. The normalized spacial score (nSPS) is 16.2. The van der Waals surface area contributed by atoms with E-state index in [1.54, 1.807) is 0 Å². The third-order valence-electron chi connectivity index (χ3n) is 7.35. The Labute approximate surface area is 229 Å². The van der Waals surface area contributed by atoms with Crippen LogP contribution in [0.25, 0.3) is 21.9 Å². The van der Waals surface area contributed by atoms with E-state index in [0.29, 0.717) is 25.2 Å². The largest absolute Gasteiger partial charge is 0.480 e. The lowest BCUT2D eigenvalue weighted by Crippen LogP contribution is -2.61. The number of carbonyl (C=O) groups excluding carboxylic acids is 2. The van der Waals surface area contributed by atoms with Crippen LogP contribution in [0.2, 0.25) is 0 Å². The van der Waals surface area contributed by atoms with Crippen molar-refractivity contribution in [1.82, 2.24) is 10.6 Å². The van der Waals surface area contributed by atoms with Crippen LogP contribution in [0.1, 0.15) is 51.5 Å². The van der Waals surface area contributed by atoms with Crippen molar-refractivity contribution >= 4 is 41.2 Å². The Morgan fingerprint density at radius 3 is 2.26 bits per heavy atom. The third-order valence-corrected chi connectivity index (χ3v) is 7.79. The van der Waals surface area contributed by atoms with E-state index in [1.807, 2.05) is 56.3 Å². The van der Waals surface area contributed by atoms with Gasteiger partial charge in [-0.1, -0.05) is 93.4 Å². The molecule has 2 unspecified atom stereocenters. The number of hydrogen-bond acceptors (Lipinski definition) is 4. The number of carbonyl (C=O) groups is 3. The second-order valence-electron chi connectivity index (χ2n) is 10.7. The number of fused-ring (bicyclic) bond motifs is 1. The van der Waals surface area contributed by atoms with Crippen LogP contribution in [0.15, 0.2) is 66.7 Å². The van der Waals surface area contributed by atoms with Crippen molar-refractivity contribution in [1.29, 1.82) is 0 Å². The van der Waals surface area contributed by atoms with Gasteiger partial charge in [0.25, 0.3) is 0 Å². The molecule has 1 aliphatic rings. The Kier molecular flexibility index (Phi) is 8.77. The summed E-state index contributed by atoms with van der Waals surface area (Å²) in [5.74, 6) is -1.54. The molecule has 3 aromatic rings. The third kappa shape index (κ3) is 6.38. The molecule has 200 valence electrons. The molecule has 6 nitrogen and oxygen atoms in total. The van der Waals surface area contributed by atoms with E-state index in [9.17, 15) is 19.5 Å². The molecule has 2 amide bonds. The lowest BCUT2D eigenvalue weighted by atomic mass is 9.93. The van der Waals surface area contributed by atoms with Gasteiger partial charge < -0.3 is 15.7 Å². The number of benzene rings is 3. The van der Waals surface area contributed by atoms with Crippen LogP contribution >= 0.6 is 12.6 Å². The van der Waals surface area contributed by atoms with Crippen LogP contribution in [-0.2, 0) is 20.8 Å². The first kappa shape index (κ1) is 27.7. The average molecular weight is 533 g/mol. The maximum absolute atomic E-state index is 13.4. The molecule has 0 aliphatic heterocycles. The predicted molar refractivity (Wildman–Crippen MR) is 154 cm³/mol. The van der Waals surface area contributed by atoms with Crippen molar-refractivity contribution in [3.8, 4) is 11.1 Å². The zero-order valence-electron chi connectivity index (χ0n) is 21.9. The summed E-state index contributed by atoms with van der Waals surface area (Å²) in [5.41, 5.74) is 1.85. The summed E-state index contributed by atoms with van der Waals surface area (Å²) in [6.45, 7) is 4.03. The van der Waals surface area contributed by atoms with E-state index < -0.39 is 28.7 Å². The predicted octanol–water partition coefficient (Wildman–Crippen LogP) is 5.39. The zero-order chi connectivity index (χ0) is 27.3. The second-order valence-corrected chi connectivity index (χ2v) is 11.3. The van der Waals surface area contributed by atoms with Gasteiger partial charge in [0.2, 0.25) is 11.8 Å². The van der Waals surface area contributed by atoms with E-state index >= 15 is 0 Å². The zero-order valence-corrected chi connectivity index (χ0v) is 22.8. The maximum atomic E-state index is 13.4. The van der Waals surface area contributed by atoms with Gasteiger partial charge in [0.05, 0.1) is 5.25 Å². The van der Waals surface area contributed by atoms with Gasteiger partial charge in [0.1, 0.15) is 11.6 Å². The Morgan fingerprint density at radius 1 is 0.947 bits per heavy atom. The van der Waals surface area contributed by atoms with Gasteiger partial charge in [-0.25, -0.2) is 4.79 Å². The standard InChI is InChI=1S/C31H36N2O4S/c1-20(2)18-27(38)28(34)33-31(16-5-6-17-31)30(37)32-26(29(35)36)19-21-12-14-23(15-13-21)25-11-7-9-22-8-3-4-10-24(22)25/h3-4,7-15,20,26-27,38H,5-6,16-19H2,1-2H3,(H,32,37)(H,33,34)(H,35,36). The van der Waals surface area contributed by atoms with Crippen LogP contribution in [0.3, 0.4) is 0 Å². The van der Waals surface area contributed by atoms with Crippen LogP contribution in [0.4, 0.5) is 0 Å². The molecule has 1 saturated carbocycles. The molecule has 0 aromatic heterocycles. The molecule has 3 aromatic carbocycles. The van der Waals surface area contributed by atoms with Crippen LogP contribution in [0.5, 0.6) is 0 Å². The molecular formula is C31H36N2O4S. The summed E-state index contributed by atoms with van der Waals surface area (Å²) in [7, 11) is 0. The molecule has 0 saturated heterocycles. The van der Waals surface area contributed by atoms with Gasteiger partial charge in [-0.05, 0) is 52.6 Å². The number of carboxylic acid groups (broad SMARTS) is 1. The summed E-state index contributed by atoms with van der Waals surface area (Å²) < 4.78 is 0. The molecule has 1 aliphatic carbocycles. The Balaban J connectivity index is 1.47. The lowest BCUT2D eigenvalue weighted by Gasteiger charge is -2.31. The molecule has 4 rings (SSSR count). The molecule has 3 N–H and O–H groups in total. The minimum atomic E-state index is -1.11. The molecular weight excluding hydrogens is 496 g/mol. The molecule has 0 bridgehead atoms. The fourth-order valence-electron chi connectivity index (χ4n) is 5.29. The fourth-order valence-corrected chi connectivity index (χ4v) is 5.78. The van der Waals surface area contributed by atoms with Crippen molar-refractivity contribution in [3.63, 3.8) is 0 Å². The summed E-state index contributed by atoms with van der Waals surface area (Å²) in [6.07, 6.45) is 3.30. The monoisotopic (exact) mass is 532 g/mol. The minimum absolute atomic E-state index is 0.142. The summed E-state index contributed by atoms with van der Waals surface area (Å²) in [4.78, 5) is 38.3. The molecule has 0 heterocycles. The summed E-state index contributed by atoms with van der Waals surface area (Å²) >= 11 is 4.43. The molecule has 7 heteroatoms. The number of aliphatic carboxylic acids is 1. The van der Waals surface area contributed by atoms with E-state index in [1.165, 1.54) is 0 Å². The van der Waals surface area contributed by atoms with Crippen LogP contribution < -0.4 is 10.6 Å². The number of hydrogen-bond donors (Lipinski definition) is 4. The summed E-state index contributed by atoms with van der Waals surface area (Å²) in [5, 5.41) is 17.4. The highest BCUT2D eigenvalue weighted by Crippen LogP contribution is 2.31. The van der Waals surface area contributed by atoms with Gasteiger partial charge in [-0.15, -0.1) is 0 Å². The van der Waals surface area contributed by atoms with Gasteiger partial charge in [0, 0.05) is 6.42 Å². The molecule has 38 heavy (non-hydrogen) atoms. The van der Waals surface area contributed by atoms with Crippen molar-refractivity contribution in [3.05, 3.63) is 72.3 Å². The van der Waals surface area contributed by atoms with Gasteiger partial charge in [-0.3, -0.25) is 9.59 Å². The van der Waals surface area contributed by atoms with E-state index in [-0.39, 0.29) is 12.3 Å². The first-order valence-electron chi connectivity index (χ1n) is 13.3. The highest BCUT2D eigenvalue weighted by molar-refractivity contribution is 7.81. The Bertz CT molecular complexity index is 1290. The Morgan fingerprint density at radius 2 is 1.61 bits per heavy atom. The van der Waals surface area contributed by atoms with Gasteiger partial charge in [0.15, 0.2) is 0 Å². The quantitative estimate of drug-likeness (QED) is 0.263. The van der Waals surface area contributed by atoms with Crippen LogP contribution in [-0.4, -0.2) is 39.7 Å². The molecule has 0 spiro atoms. The minimum Gasteiger partial charge on any atom is -0.480 e. The second kappa shape index (κ2) is 12.0. The molecule has 0 radical (unpaired) electrons. The number of rotatable bonds is 10. The number of nitrogens with one attached hydrogen (secondary N) is 2. The van der Waals surface area contributed by atoms with Crippen molar-refractivity contribution in [2.45, 2.75) is 69.2 Å². The lowest BCUT2D eigenvalue weighted by molar-refractivity contribution is -0.143. The molecule has 2 atom stereocenters. The number of amides is 2. The SMILES string of the molecule is CC(C)CC(S)C(=O)NC1(C(=O)NC(Cc2ccc(-c3cccc4ccccc34)cc2)C(=O)O)CCCC1. The smallest absolute Gasteiger partial charge is 0.326 e. The first-order valence-corrected chi connectivity index (χ1v) is 13.8. The molecule has 1 fully saturated rings. The maximum Gasteiger partial charge on any atom is 0.326 e. The van der Waals surface area contributed by atoms with Gasteiger partial charge >= 0.3 is 5.97 Å². The number of carboxylic acids is 1. The van der Waals surface area contributed by atoms with Crippen LogP contribution in [0, 0.1) is 5.92 Å². The first-order chi connectivity index (χ1) is 18.2. The van der Waals surface area contributed by atoms with Crippen molar-refractivity contribution < 1.29 is 19.5 Å². The van der Waals surface area contributed by atoms with Crippen molar-refractivity contribution in [2.75, 3.05) is 0 Å². The van der Waals surface area contributed by atoms with E-state index in [4.69, 9.17) is 0 Å².